The lowest BCUT2D eigenvalue weighted by Crippen LogP contribution is -2.19. The van der Waals surface area contributed by atoms with Crippen LogP contribution in [0.1, 0.15) is 25.7 Å². The van der Waals surface area contributed by atoms with Crippen molar-refractivity contribution in [3.05, 3.63) is 30.3 Å². The van der Waals surface area contributed by atoms with E-state index in [1.54, 1.807) is 30.3 Å². The Morgan fingerprint density at radius 2 is 1.69 bits per heavy atom. The summed E-state index contributed by atoms with van der Waals surface area (Å²) in [6.45, 7) is 0. The smallest absolute Gasteiger partial charge is 0.200 e. The fourth-order valence-electron chi connectivity index (χ4n) is 1.67. The molecule has 0 heterocycles. The Hall–Kier alpha value is -1.36. The second kappa shape index (κ2) is 4.65. The SMILES string of the molecule is O=S(=O)(NN=C1CCCC1)c1ccccc1. The third-order valence-corrected chi connectivity index (χ3v) is 3.78. The van der Waals surface area contributed by atoms with E-state index in [0.29, 0.717) is 0 Å². The summed E-state index contributed by atoms with van der Waals surface area (Å²) in [5.41, 5.74) is 0.944. The van der Waals surface area contributed by atoms with E-state index in [1.165, 1.54) is 0 Å². The van der Waals surface area contributed by atoms with Crippen LogP contribution >= 0.6 is 0 Å². The van der Waals surface area contributed by atoms with E-state index in [2.05, 4.69) is 9.93 Å². The lowest BCUT2D eigenvalue weighted by atomic mass is 10.3. The summed E-state index contributed by atoms with van der Waals surface area (Å²) >= 11 is 0. The van der Waals surface area contributed by atoms with Crippen molar-refractivity contribution >= 4 is 15.7 Å². The van der Waals surface area contributed by atoms with Crippen LogP contribution in [-0.2, 0) is 10.0 Å². The number of hydrazone groups is 1. The van der Waals surface area contributed by atoms with Gasteiger partial charge in [-0.05, 0) is 37.8 Å². The molecule has 1 saturated carbocycles. The molecule has 0 aliphatic heterocycles. The van der Waals surface area contributed by atoms with Gasteiger partial charge in [-0.15, -0.1) is 0 Å². The molecule has 1 aliphatic carbocycles. The highest BCUT2D eigenvalue weighted by atomic mass is 32.2. The van der Waals surface area contributed by atoms with Crippen LogP contribution in [-0.4, -0.2) is 14.1 Å². The molecule has 4 nitrogen and oxygen atoms in total. The molecule has 1 aromatic rings. The first-order chi connectivity index (χ1) is 7.68. The van der Waals surface area contributed by atoms with E-state index in [4.69, 9.17) is 0 Å². The first-order valence-corrected chi connectivity index (χ1v) is 6.79. The van der Waals surface area contributed by atoms with Gasteiger partial charge in [0.1, 0.15) is 0 Å². The van der Waals surface area contributed by atoms with Crippen molar-refractivity contribution in [2.75, 3.05) is 0 Å². The van der Waals surface area contributed by atoms with Crippen LogP contribution in [0.3, 0.4) is 0 Å². The standard InChI is InChI=1S/C11H14N2O2S/c14-16(15,11-8-2-1-3-9-11)13-12-10-6-4-5-7-10/h1-3,8-9,13H,4-7H2. The van der Waals surface area contributed by atoms with Gasteiger partial charge in [0, 0.05) is 5.71 Å². The molecule has 1 aromatic carbocycles. The molecular formula is C11H14N2O2S. The minimum atomic E-state index is -3.49. The van der Waals surface area contributed by atoms with Gasteiger partial charge in [-0.2, -0.15) is 13.5 Å². The van der Waals surface area contributed by atoms with E-state index < -0.39 is 10.0 Å². The summed E-state index contributed by atoms with van der Waals surface area (Å²) in [7, 11) is -3.49. The summed E-state index contributed by atoms with van der Waals surface area (Å²) in [5, 5.41) is 3.95. The molecule has 2 rings (SSSR count). The van der Waals surface area contributed by atoms with E-state index >= 15 is 0 Å². The summed E-state index contributed by atoms with van der Waals surface area (Å²) in [5.74, 6) is 0. The van der Waals surface area contributed by atoms with Crippen molar-refractivity contribution in [3.63, 3.8) is 0 Å². The zero-order valence-corrected chi connectivity index (χ0v) is 9.70. The number of nitrogens with one attached hydrogen (secondary N) is 1. The molecule has 0 saturated heterocycles. The Balaban J connectivity index is 2.12. The van der Waals surface area contributed by atoms with Gasteiger partial charge in [0.2, 0.25) is 0 Å². The Morgan fingerprint density at radius 1 is 1.06 bits per heavy atom. The highest BCUT2D eigenvalue weighted by Gasteiger charge is 2.13. The number of rotatable bonds is 3. The van der Waals surface area contributed by atoms with E-state index in [-0.39, 0.29) is 4.90 Å². The van der Waals surface area contributed by atoms with Crippen LogP contribution in [0.2, 0.25) is 0 Å². The normalized spacial score (nSPS) is 16.1. The highest BCUT2D eigenvalue weighted by molar-refractivity contribution is 7.89. The number of hydrogen-bond donors (Lipinski definition) is 1. The van der Waals surface area contributed by atoms with Gasteiger partial charge in [-0.1, -0.05) is 18.2 Å². The monoisotopic (exact) mass is 238 g/mol. The molecule has 0 unspecified atom stereocenters. The average Bonchev–Trinajstić information content (AvgIpc) is 2.81. The molecule has 0 spiro atoms. The fourth-order valence-corrected chi connectivity index (χ4v) is 2.54. The van der Waals surface area contributed by atoms with Crippen LogP contribution in [0.15, 0.2) is 40.3 Å². The number of hydrogen-bond acceptors (Lipinski definition) is 3. The van der Waals surface area contributed by atoms with Crippen LogP contribution in [0.25, 0.3) is 0 Å². The summed E-state index contributed by atoms with van der Waals surface area (Å²) in [6, 6.07) is 8.27. The van der Waals surface area contributed by atoms with Crippen LogP contribution in [0.4, 0.5) is 0 Å². The molecule has 0 radical (unpaired) electrons. The Kier molecular flexibility index (Phi) is 3.24. The van der Waals surface area contributed by atoms with Crippen LogP contribution < -0.4 is 4.83 Å². The Bertz CT molecular complexity index is 472. The Labute approximate surface area is 95.4 Å². The van der Waals surface area contributed by atoms with Crippen molar-refractivity contribution in [3.8, 4) is 0 Å². The second-order valence-corrected chi connectivity index (χ2v) is 5.45. The molecule has 5 heteroatoms. The maximum Gasteiger partial charge on any atom is 0.276 e. The molecule has 0 bridgehead atoms. The summed E-state index contributed by atoms with van der Waals surface area (Å²) in [6.07, 6.45) is 4.01. The highest BCUT2D eigenvalue weighted by Crippen LogP contribution is 2.14. The van der Waals surface area contributed by atoms with Gasteiger partial charge in [0.05, 0.1) is 4.90 Å². The molecule has 1 aliphatic rings. The molecular weight excluding hydrogens is 224 g/mol. The minimum absolute atomic E-state index is 0.248. The van der Waals surface area contributed by atoms with E-state index in [9.17, 15) is 8.42 Å². The van der Waals surface area contributed by atoms with E-state index in [0.717, 1.165) is 31.4 Å². The van der Waals surface area contributed by atoms with Crippen molar-refractivity contribution in [2.45, 2.75) is 30.6 Å². The predicted molar refractivity (Wildman–Crippen MR) is 62.7 cm³/mol. The molecule has 0 aromatic heterocycles. The summed E-state index contributed by atoms with van der Waals surface area (Å²) in [4.78, 5) is 2.52. The fraction of sp³-hybridized carbons (Fsp3) is 0.364. The van der Waals surface area contributed by atoms with Gasteiger partial charge in [-0.25, -0.2) is 4.83 Å². The van der Waals surface area contributed by atoms with Gasteiger partial charge < -0.3 is 0 Å². The zero-order chi connectivity index (χ0) is 11.4. The average molecular weight is 238 g/mol. The van der Waals surface area contributed by atoms with Crippen molar-refractivity contribution in [2.24, 2.45) is 5.10 Å². The zero-order valence-electron chi connectivity index (χ0n) is 8.89. The molecule has 86 valence electrons. The number of benzene rings is 1. The minimum Gasteiger partial charge on any atom is -0.200 e. The topological polar surface area (TPSA) is 58.5 Å². The third-order valence-electron chi connectivity index (χ3n) is 2.56. The Morgan fingerprint density at radius 3 is 2.31 bits per heavy atom. The molecule has 1 N–H and O–H groups in total. The van der Waals surface area contributed by atoms with Crippen molar-refractivity contribution in [1.82, 2.24) is 4.83 Å². The molecule has 1 fully saturated rings. The number of sulfonamides is 1. The third kappa shape index (κ3) is 2.61. The summed E-state index contributed by atoms with van der Waals surface area (Å²) < 4.78 is 23.5. The second-order valence-electron chi connectivity index (χ2n) is 3.79. The van der Waals surface area contributed by atoms with E-state index in [1.807, 2.05) is 0 Å². The van der Waals surface area contributed by atoms with Gasteiger partial charge in [0.25, 0.3) is 10.0 Å². The maximum atomic E-state index is 11.8. The first kappa shape index (κ1) is 11.1. The van der Waals surface area contributed by atoms with Crippen LogP contribution in [0.5, 0.6) is 0 Å². The van der Waals surface area contributed by atoms with Gasteiger partial charge in [0.15, 0.2) is 0 Å². The predicted octanol–water partition coefficient (Wildman–Crippen LogP) is 1.89. The maximum absolute atomic E-state index is 11.8. The van der Waals surface area contributed by atoms with Gasteiger partial charge >= 0.3 is 0 Å². The lowest BCUT2D eigenvalue weighted by molar-refractivity contribution is 0.584. The van der Waals surface area contributed by atoms with Crippen molar-refractivity contribution in [1.29, 1.82) is 0 Å². The molecule has 0 amide bonds. The van der Waals surface area contributed by atoms with Crippen molar-refractivity contribution < 1.29 is 8.42 Å². The molecule has 16 heavy (non-hydrogen) atoms. The quantitative estimate of drug-likeness (QED) is 0.817. The lowest BCUT2D eigenvalue weighted by Gasteiger charge is -2.03. The van der Waals surface area contributed by atoms with Crippen LogP contribution in [0, 0.1) is 0 Å². The number of nitrogens with zero attached hydrogens (tertiary/aromatic N) is 1. The molecule has 0 atom stereocenters. The first-order valence-electron chi connectivity index (χ1n) is 5.31. The largest absolute Gasteiger partial charge is 0.276 e. The van der Waals surface area contributed by atoms with Gasteiger partial charge in [-0.3, -0.25) is 0 Å².